The van der Waals surface area contributed by atoms with E-state index < -0.39 is 5.69 Å². The van der Waals surface area contributed by atoms with Gasteiger partial charge in [0.25, 0.3) is 0 Å². The van der Waals surface area contributed by atoms with Crippen molar-refractivity contribution in [2.75, 3.05) is 12.4 Å². The Kier molecular flexibility index (Phi) is 3.11. The van der Waals surface area contributed by atoms with Gasteiger partial charge in [-0.3, -0.25) is 9.36 Å². The lowest BCUT2D eigenvalue weighted by Crippen LogP contribution is -2.17. The first-order valence-electron chi connectivity index (χ1n) is 3.98. The monoisotopic (exact) mass is 213 g/mol. The summed E-state index contributed by atoms with van der Waals surface area (Å²) >= 11 is 0. The largest absolute Gasteiger partial charge is 0.397 e. The number of amidine groups is 1. The van der Waals surface area contributed by atoms with E-state index in [2.05, 4.69) is 20.3 Å². The van der Waals surface area contributed by atoms with Crippen molar-refractivity contribution in [1.82, 2.24) is 9.55 Å². The molecule has 1 rings (SSSR count). The summed E-state index contributed by atoms with van der Waals surface area (Å²) in [5, 5.41) is 5.79. The van der Waals surface area contributed by atoms with E-state index in [9.17, 15) is 9.59 Å². The van der Waals surface area contributed by atoms with Crippen LogP contribution < -0.4 is 16.7 Å². The molecule has 0 bridgehead atoms. The Morgan fingerprint density at radius 2 is 2.40 bits per heavy atom. The van der Waals surface area contributed by atoms with Gasteiger partial charge < -0.3 is 20.9 Å². The van der Waals surface area contributed by atoms with E-state index in [-0.39, 0.29) is 17.3 Å². The van der Waals surface area contributed by atoms with Gasteiger partial charge >= 0.3 is 5.69 Å². The zero-order valence-corrected chi connectivity index (χ0v) is 8.27. The lowest BCUT2D eigenvalue weighted by Gasteiger charge is -2.02. The second-order valence-corrected chi connectivity index (χ2v) is 2.63. The highest BCUT2D eigenvalue weighted by Gasteiger charge is 2.14. The third-order valence-electron chi connectivity index (χ3n) is 1.75. The minimum Gasteiger partial charge on any atom is -0.397 e. The molecule has 0 fully saturated rings. The Morgan fingerprint density at radius 1 is 1.73 bits per heavy atom. The summed E-state index contributed by atoms with van der Waals surface area (Å²) < 4.78 is 1.20. The number of aromatic nitrogens is 2. The summed E-state index contributed by atoms with van der Waals surface area (Å²) in [5.41, 5.74) is 5.30. The molecule has 0 aliphatic rings. The van der Waals surface area contributed by atoms with Gasteiger partial charge in [-0.05, 0) is 0 Å². The number of imidazole rings is 1. The topological polar surface area (TPSA) is 114 Å². The number of nitrogens with zero attached hydrogens (tertiary/aromatic N) is 2. The van der Waals surface area contributed by atoms with E-state index in [0.29, 0.717) is 6.41 Å². The Hall–Kier alpha value is -2.25. The predicted molar refractivity (Wildman–Crippen MR) is 53.5 cm³/mol. The number of hydrogen-bond acceptors (Lipinski definition) is 4. The predicted octanol–water partition coefficient (Wildman–Crippen LogP) is -1.45. The van der Waals surface area contributed by atoms with Gasteiger partial charge in [-0.25, -0.2) is 4.79 Å². The smallest absolute Gasteiger partial charge is 0.327 e. The van der Waals surface area contributed by atoms with Gasteiger partial charge in [-0.1, -0.05) is 5.16 Å². The number of nitrogens with two attached hydrogens (primary N) is 1. The van der Waals surface area contributed by atoms with E-state index in [1.807, 2.05) is 0 Å². The first-order valence-corrected chi connectivity index (χ1v) is 3.98. The average molecular weight is 213 g/mol. The highest BCUT2D eigenvalue weighted by atomic mass is 16.6. The molecule has 0 saturated heterocycles. The summed E-state index contributed by atoms with van der Waals surface area (Å²) in [4.78, 5) is 28.4. The molecule has 0 radical (unpaired) electrons. The Labute approximate surface area is 84.7 Å². The molecular weight excluding hydrogens is 202 g/mol. The van der Waals surface area contributed by atoms with E-state index in [1.54, 1.807) is 0 Å². The van der Waals surface area contributed by atoms with Crippen LogP contribution in [0.3, 0.4) is 0 Å². The van der Waals surface area contributed by atoms with E-state index in [4.69, 9.17) is 5.73 Å². The Balaban J connectivity index is 3.28. The quantitative estimate of drug-likeness (QED) is 0.245. The molecule has 82 valence electrons. The summed E-state index contributed by atoms with van der Waals surface area (Å²) in [6.45, 7) is 0. The molecule has 4 N–H and O–H groups in total. The lowest BCUT2D eigenvalue weighted by molar-refractivity contribution is -0.105. The molecule has 1 aromatic rings. The minimum absolute atomic E-state index is 0.0282. The number of H-pyrrole nitrogens is 1. The van der Waals surface area contributed by atoms with Gasteiger partial charge in [0.05, 0.1) is 0 Å². The number of aromatic amines is 1. The van der Waals surface area contributed by atoms with Gasteiger partial charge in [-0.2, -0.15) is 0 Å². The van der Waals surface area contributed by atoms with Gasteiger partial charge in [0.2, 0.25) is 6.41 Å². The molecule has 1 aromatic heterocycles. The van der Waals surface area contributed by atoms with Crippen molar-refractivity contribution in [3.63, 3.8) is 0 Å². The molecule has 8 nitrogen and oxygen atoms in total. The Bertz CT molecular complexity index is 444. The second-order valence-electron chi connectivity index (χ2n) is 2.63. The van der Waals surface area contributed by atoms with Crippen molar-refractivity contribution in [3.05, 3.63) is 16.2 Å². The number of amides is 1. The molecule has 15 heavy (non-hydrogen) atoms. The molecule has 0 unspecified atom stereocenters. The fourth-order valence-corrected chi connectivity index (χ4v) is 1.07. The van der Waals surface area contributed by atoms with Crippen LogP contribution in [0, 0.1) is 0 Å². The molecule has 0 aromatic carbocycles. The van der Waals surface area contributed by atoms with E-state index in [1.165, 1.54) is 18.7 Å². The fourth-order valence-electron chi connectivity index (χ4n) is 1.07. The maximum atomic E-state index is 11.2. The van der Waals surface area contributed by atoms with E-state index >= 15 is 0 Å². The number of hydrogen-bond donors (Lipinski definition) is 3. The van der Waals surface area contributed by atoms with Crippen molar-refractivity contribution in [3.8, 4) is 0 Å². The summed E-state index contributed by atoms with van der Waals surface area (Å²) in [7, 11) is 2.80. The van der Waals surface area contributed by atoms with Crippen molar-refractivity contribution in [1.29, 1.82) is 0 Å². The molecule has 0 atom stereocenters. The number of anilines is 1. The lowest BCUT2D eigenvalue weighted by atomic mass is 10.4. The summed E-state index contributed by atoms with van der Waals surface area (Å²) in [6, 6.07) is 0. The molecule has 8 heteroatoms. The molecule has 0 aliphatic heterocycles. The Morgan fingerprint density at radius 3 is 2.93 bits per heavy atom. The number of carbonyl (C=O) groups is 1. The number of carbonyl (C=O) groups excluding carboxylic acids is 1. The second kappa shape index (κ2) is 4.31. The highest BCUT2D eigenvalue weighted by Crippen LogP contribution is 2.08. The zero-order valence-electron chi connectivity index (χ0n) is 8.27. The van der Waals surface area contributed by atoms with Crippen molar-refractivity contribution in [2.24, 2.45) is 17.9 Å². The molecule has 0 aliphatic carbocycles. The molecule has 0 spiro atoms. The van der Waals surface area contributed by atoms with Gasteiger partial charge in [0.15, 0.2) is 5.84 Å². The standard InChI is InChI=1S/C7H11N5O3/c1-12-6(9-3-13)4(10-7(12)14)5(8)11-15-2/h3H,1-2H3,(H2,8,11)(H,9,13)(H,10,14). The average Bonchev–Trinajstić information content (AvgIpc) is 2.47. The zero-order chi connectivity index (χ0) is 11.4. The van der Waals surface area contributed by atoms with Crippen LogP contribution in [0.1, 0.15) is 5.69 Å². The number of oxime groups is 1. The van der Waals surface area contributed by atoms with Gasteiger partial charge in [0, 0.05) is 7.05 Å². The normalized spacial score (nSPS) is 11.2. The van der Waals surface area contributed by atoms with Crippen LogP contribution in [0.15, 0.2) is 9.95 Å². The van der Waals surface area contributed by atoms with Gasteiger partial charge in [-0.15, -0.1) is 0 Å². The van der Waals surface area contributed by atoms with Crippen LogP contribution >= 0.6 is 0 Å². The van der Waals surface area contributed by atoms with Crippen LogP contribution in [-0.2, 0) is 16.7 Å². The summed E-state index contributed by atoms with van der Waals surface area (Å²) in [5.74, 6) is 0.202. The van der Waals surface area contributed by atoms with Crippen LogP contribution in [0.2, 0.25) is 0 Å². The molecule has 0 saturated carbocycles. The van der Waals surface area contributed by atoms with Crippen molar-refractivity contribution in [2.45, 2.75) is 0 Å². The fraction of sp³-hybridized carbons (Fsp3) is 0.286. The molecule has 1 heterocycles. The van der Waals surface area contributed by atoms with Crippen LogP contribution in [0.25, 0.3) is 0 Å². The van der Waals surface area contributed by atoms with Crippen LogP contribution in [0.4, 0.5) is 5.82 Å². The SMILES string of the molecule is CO/N=C(\N)c1[nH]c(=O)n(C)c1NC=O. The molecule has 1 amide bonds. The number of nitrogens with one attached hydrogen (secondary N) is 2. The van der Waals surface area contributed by atoms with Crippen LogP contribution in [0.5, 0.6) is 0 Å². The number of rotatable bonds is 4. The first-order chi connectivity index (χ1) is 7.11. The van der Waals surface area contributed by atoms with E-state index in [0.717, 1.165) is 0 Å². The third kappa shape index (κ3) is 1.98. The first kappa shape index (κ1) is 10.8. The maximum Gasteiger partial charge on any atom is 0.327 e. The van der Waals surface area contributed by atoms with Gasteiger partial charge in [0.1, 0.15) is 18.6 Å². The molecular formula is C7H11N5O3. The van der Waals surface area contributed by atoms with Crippen LogP contribution in [-0.4, -0.2) is 28.9 Å². The van der Waals surface area contributed by atoms with Crippen molar-refractivity contribution < 1.29 is 9.63 Å². The maximum absolute atomic E-state index is 11.2. The minimum atomic E-state index is -0.413. The van der Waals surface area contributed by atoms with Crippen molar-refractivity contribution >= 4 is 18.1 Å². The third-order valence-corrected chi connectivity index (χ3v) is 1.75. The highest BCUT2D eigenvalue weighted by molar-refractivity contribution is 6.00. The summed E-state index contributed by atoms with van der Waals surface area (Å²) in [6.07, 6.45) is 0.437.